The topological polar surface area (TPSA) is 52.0 Å². The summed E-state index contributed by atoms with van der Waals surface area (Å²) in [5, 5.41) is 1.95. The summed E-state index contributed by atoms with van der Waals surface area (Å²) in [4.78, 5) is 9.78. The van der Waals surface area contributed by atoms with Crippen molar-refractivity contribution in [2.75, 3.05) is 16.5 Å². The van der Waals surface area contributed by atoms with Crippen LogP contribution in [0.25, 0.3) is 38.8 Å². The summed E-state index contributed by atoms with van der Waals surface area (Å²) in [5.74, 6) is 2.72. The van der Waals surface area contributed by atoms with Gasteiger partial charge in [0.1, 0.15) is 12.5 Å². The Bertz CT molecular complexity index is 3060. The molecule has 0 N–H and O–H groups in total. The van der Waals surface area contributed by atoms with Gasteiger partial charge in [-0.1, -0.05) is 165 Å². The predicted molar refractivity (Wildman–Crippen MR) is 286 cm³/mol. The van der Waals surface area contributed by atoms with Gasteiger partial charge in [0.15, 0.2) is 0 Å². The summed E-state index contributed by atoms with van der Waals surface area (Å²) in [6, 6.07) is 55.0. The Morgan fingerprint density at radius 3 is 1.93 bits per heavy atom. The highest BCUT2D eigenvalue weighted by atomic mass is 32.2. The molecule has 11 heteroatoms. The molecule has 2 aromatic heterocycles. The molecule has 10 rings (SSSR count). The van der Waals surface area contributed by atoms with Crippen LogP contribution in [0.4, 0.5) is 22.7 Å². The van der Waals surface area contributed by atoms with Crippen LogP contribution in [0, 0.1) is 0 Å². The zero-order chi connectivity index (χ0) is 46.7. The Morgan fingerprint density at radius 1 is 0.567 bits per heavy atom. The molecule has 0 atom stereocenters. The van der Waals surface area contributed by atoms with Gasteiger partial charge in [0.25, 0.3) is 0 Å². The Hall–Kier alpha value is -5.71. The lowest BCUT2D eigenvalue weighted by Gasteiger charge is -2.41. The highest BCUT2D eigenvalue weighted by Gasteiger charge is 2.52. The molecule has 8 aromatic rings. The lowest BCUT2D eigenvalue weighted by atomic mass is 9.50. The summed E-state index contributed by atoms with van der Waals surface area (Å²) >= 11 is 1.95. The van der Waals surface area contributed by atoms with Gasteiger partial charge in [0, 0.05) is 45.2 Å². The summed E-state index contributed by atoms with van der Waals surface area (Å²) < 4.78 is 22.5. The molecule has 67 heavy (non-hydrogen) atoms. The van der Waals surface area contributed by atoms with Gasteiger partial charge >= 0.3 is 21.4 Å². The van der Waals surface area contributed by atoms with E-state index in [1.807, 2.05) is 18.0 Å². The number of benzene rings is 6. The van der Waals surface area contributed by atoms with Gasteiger partial charge in [0.05, 0.1) is 28.1 Å². The molecule has 0 amide bonds. The fourth-order valence-corrected chi connectivity index (χ4v) is 10.3. The van der Waals surface area contributed by atoms with E-state index in [-0.39, 0.29) is 16.0 Å². The number of aromatic nitrogens is 2. The van der Waals surface area contributed by atoms with Crippen molar-refractivity contribution >= 4 is 83.1 Å². The molecule has 1 saturated heterocycles. The molecular weight excluding hydrogens is 841 g/mol. The minimum atomic E-state index is -0.650. The van der Waals surface area contributed by atoms with Crippen LogP contribution >= 0.6 is 11.8 Å². The van der Waals surface area contributed by atoms with Crippen molar-refractivity contribution in [3.63, 3.8) is 0 Å². The Balaban J connectivity index is 0.948. The highest BCUT2D eigenvalue weighted by molar-refractivity contribution is 7.97. The standard InChI is InChI=1S/C56H59B3N4O3S/c1-54(2,3)42-31-32-60-52(35-42)63-48-26-14-13-23-45(48)46-30-29-40(34-51(46)63)37-67-36-39-19-17-22-43(33-39)61-38-62(50-28-16-15-27-49(50)61)53-44(41-20-11-10-12-21-41)24-18-25-47(53)57-64-58(55(4,5)6)66-59(65-57)56(7,8)9/h10-35H,36-38H2,1-9H3. The van der Waals surface area contributed by atoms with E-state index in [0.717, 1.165) is 56.7 Å². The van der Waals surface area contributed by atoms with Crippen LogP contribution in [-0.2, 0) is 30.6 Å². The van der Waals surface area contributed by atoms with Gasteiger partial charge in [0.2, 0.25) is 0 Å². The molecule has 0 saturated carbocycles. The van der Waals surface area contributed by atoms with Crippen molar-refractivity contribution in [2.24, 2.45) is 0 Å². The van der Waals surface area contributed by atoms with Crippen LogP contribution < -0.4 is 15.3 Å². The normalized spacial score (nSPS) is 14.7. The number of anilines is 4. The Labute approximate surface area is 402 Å². The third kappa shape index (κ3) is 8.95. The third-order valence-electron chi connectivity index (χ3n) is 12.9. The number of pyridine rings is 1. The molecule has 2 aliphatic heterocycles. The van der Waals surface area contributed by atoms with E-state index in [4.69, 9.17) is 18.7 Å². The molecule has 1 fully saturated rings. The van der Waals surface area contributed by atoms with E-state index in [2.05, 4.69) is 228 Å². The van der Waals surface area contributed by atoms with Crippen molar-refractivity contribution < 1.29 is 13.7 Å². The molecule has 2 aliphatic rings. The highest BCUT2D eigenvalue weighted by Crippen LogP contribution is 2.47. The van der Waals surface area contributed by atoms with Gasteiger partial charge < -0.3 is 23.5 Å². The first-order chi connectivity index (χ1) is 32.1. The minimum Gasteiger partial charge on any atom is -0.452 e. The number of thioether (sulfide) groups is 1. The molecule has 0 unspecified atom stereocenters. The number of hydrogen-bond acceptors (Lipinski definition) is 7. The quantitative estimate of drug-likeness (QED) is 0.134. The molecule has 4 heterocycles. The van der Waals surface area contributed by atoms with Crippen LogP contribution in [0.3, 0.4) is 0 Å². The summed E-state index contributed by atoms with van der Waals surface area (Å²) in [6.45, 7) is 20.3. The second kappa shape index (κ2) is 17.7. The van der Waals surface area contributed by atoms with E-state index in [0.29, 0.717) is 6.67 Å². The number of para-hydroxylation sites is 4. The fourth-order valence-electron chi connectivity index (χ4n) is 9.39. The van der Waals surface area contributed by atoms with Gasteiger partial charge in [-0.15, -0.1) is 0 Å². The number of fused-ring (bicyclic) bond motifs is 4. The van der Waals surface area contributed by atoms with Gasteiger partial charge in [-0.05, 0) is 86.8 Å². The average molecular weight is 901 g/mol. The Kier molecular flexibility index (Phi) is 11.9. The maximum absolute atomic E-state index is 6.82. The van der Waals surface area contributed by atoms with Crippen LogP contribution in [-0.4, -0.2) is 37.6 Å². The van der Waals surface area contributed by atoms with E-state index in [1.165, 1.54) is 38.5 Å². The van der Waals surface area contributed by atoms with Crippen molar-refractivity contribution in [3.05, 3.63) is 175 Å². The van der Waals surface area contributed by atoms with Crippen molar-refractivity contribution in [1.82, 2.24) is 9.55 Å². The molecule has 0 spiro atoms. The molecule has 336 valence electrons. The van der Waals surface area contributed by atoms with E-state index in [9.17, 15) is 0 Å². The van der Waals surface area contributed by atoms with E-state index in [1.54, 1.807) is 0 Å². The first-order valence-corrected chi connectivity index (χ1v) is 24.7. The summed E-state index contributed by atoms with van der Waals surface area (Å²) in [6.07, 6.45) is 1.95. The largest absolute Gasteiger partial charge is 0.468 e. The summed E-state index contributed by atoms with van der Waals surface area (Å²) in [5.41, 5.74) is 14.0. The van der Waals surface area contributed by atoms with Crippen LogP contribution in [0.15, 0.2) is 158 Å². The number of nitrogens with zero attached hydrogens (tertiary/aromatic N) is 4. The van der Waals surface area contributed by atoms with Gasteiger partial charge in [-0.25, -0.2) is 4.98 Å². The lowest BCUT2D eigenvalue weighted by Crippen LogP contribution is -2.59. The second-order valence-electron chi connectivity index (χ2n) is 21.3. The SMILES string of the molecule is CC(C)(C)B1OB(c2cccc(-c3ccccc3)c2N2CN(c3cccc(CSCc4ccc5c6ccccc6n(-c6cc(C(C)(C)C)ccn6)c5c4)c3)c3ccccc32)OB(C(C)(C)C)O1. The molecule has 7 nitrogen and oxygen atoms in total. The zero-order valence-electron chi connectivity index (χ0n) is 40.3. The predicted octanol–water partition coefficient (Wildman–Crippen LogP) is 14.2. The average Bonchev–Trinajstić information content (AvgIpc) is 3.87. The molecule has 0 aliphatic carbocycles. The van der Waals surface area contributed by atoms with Crippen molar-refractivity contribution in [1.29, 1.82) is 0 Å². The van der Waals surface area contributed by atoms with E-state index >= 15 is 0 Å². The number of hydrogen-bond donors (Lipinski definition) is 0. The maximum Gasteiger partial charge on any atom is 0.468 e. The number of rotatable bonds is 9. The smallest absolute Gasteiger partial charge is 0.452 e. The first kappa shape index (κ1) is 45.1. The van der Waals surface area contributed by atoms with Crippen molar-refractivity contribution in [3.8, 4) is 16.9 Å². The van der Waals surface area contributed by atoms with E-state index < -0.39 is 21.4 Å². The Morgan fingerprint density at radius 2 is 1.21 bits per heavy atom. The van der Waals surface area contributed by atoms with Gasteiger partial charge in [-0.3, -0.25) is 4.57 Å². The maximum atomic E-state index is 6.82. The zero-order valence-corrected chi connectivity index (χ0v) is 41.1. The van der Waals surface area contributed by atoms with Crippen LogP contribution in [0.1, 0.15) is 79.0 Å². The lowest BCUT2D eigenvalue weighted by molar-refractivity contribution is 0.250. The fraction of sp³-hybridized carbons (Fsp3) is 0.268. The molecule has 0 bridgehead atoms. The molecule has 6 aromatic carbocycles. The first-order valence-electron chi connectivity index (χ1n) is 23.6. The van der Waals surface area contributed by atoms with Gasteiger partial charge in [-0.2, -0.15) is 11.8 Å². The van der Waals surface area contributed by atoms with Crippen LogP contribution in [0.5, 0.6) is 0 Å². The monoisotopic (exact) mass is 900 g/mol. The van der Waals surface area contributed by atoms with Crippen LogP contribution in [0.2, 0.25) is 10.6 Å². The minimum absolute atomic E-state index is 0.0207. The second-order valence-corrected chi connectivity index (χ2v) is 22.2. The summed E-state index contributed by atoms with van der Waals surface area (Å²) in [7, 11) is -1.58. The third-order valence-corrected chi connectivity index (χ3v) is 14.0. The molecule has 0 radical (unpaired) electrons. The van der Waals surface area contributed by atoms with Crippen molar-refractivity contribution in [2.45, 2.75) is 89.9 Å². The molecular formula is C56H59B3N4O3S.